The van der Waals surface area contributed by atoms with Gasteiger partial charge in [-0.05, 0) is 12.3 Å². The molecule has 2 saturated heterocycles. The van der Waals surface area contributed by atoms with E-state index in [2.05, 4.69) is 24.1 Å². The van der Waals surface area contributed by atoms with Crippen LogP contribution in [0.4, 0.5) is 4.79 Å². The molecule has 0 aromatic carbocycles. The van der Waals surface area contributed by atoms with Crippen molar-refractivity contribution in [3.8, 4) is 0 Å². The summed E-state index contributed by atoms with van der Waals surface area (Å²) in [6, 6.07) is -0.730. The molecular weight excluding hydrogens is 308 g/mol. The van der Waals surface area contributed by atoms with Crippen LogP contribution in [0.1, 0.15) is 39.5 Å². The van der Waals surface area contributed by atoms with Crippen molar-refractivity contribution in [2.75, 3.05) is 39.4 Å². The van der Waals surface area contributed by atoms with Gasteiger partial charge >= 0.3 is 6.03 Å². The Bertz CT molecular complexity index is 426. The summed E-state index contributed by atoms with van der Waals surface area (Å²) in [5, 5.41) is 2.63. The lowest BCUT2D eigenvalue weighted by Gasteiger charge is -2.34. The molecule has 3 amide bonds. The number of hydrogen-bond acceptors (Lipinski definition) is 4. The number of morpholine rings is 1. The molecule has 0 radical (unpaired) electrons. The number of ether oxygens (including phenoxy) is 1. The smallest absolute Gasteiger partial charge is 0.312 e. The van der Waals surface area contributed by atoms with Crippen molar-refractivity contribution in [1.82, 2.24) is 15.1 Å². The molecule has 0 bridgehead atoms. The van der Waals surface area contributed by atoms with E-state index in [1.807, 2.05) is 4.90 Å². The van der Waals surface area contributed by atoms with Crippen LogP contribution in [0.15, 0.2) is 0 Å². The summed E-state index contributed by atoms with van der Waals surface area (Å²) >= 11 is 0. The van der Waals surface area contributed by atoms with Crippen LogP contribution in [-0.2, 0) is 9.53 Å². The molecule has 7 nitrogen and oxygen atoms in total. The first kappa shape index (κ1) is 19.0. The number of carbonyl (C=O) groups excluding carboxylic acids is 2. The minimum Gasteiger partial charge on any atom is -0.379 e. The van der Waals surface area contributed by atoms with Crippen molar-refractivity contribution < 1.29 is 14.3 Å². The lowest BCUT2D eigenvalue weighted by molar-refractivity contribution is -0.132. The van der Waals surface area contributed by atoms with Crippen molar-refractivity contribution in [3.05, 3.63) is 0 Å². The molecule has 24 heavy (non-hydrogen) atoms. The number of nitrogens with one attached hydrogen (secondary N) is 1. The second kappa shape index (κ2) is 9.22. The zero-order valence-electron chi connectivity index (χ0n) is 15.0. The van der Waals surface area contributed by atoms with E-state index in [1.165, 1.54) is 0 Å². The molecule has 2 aliphatic heterocycles. The molecule has 2 fully saturated rings. The van der Waals surface area contributed by atoms with Gasteiger partial charge in [0.25, 0.3) is 0 Å². The van der Waals surface area contributed by atoms with Gasteiger partial charge in [-0.15, -0.1) is 0 Å². The number of likely N-dealkylation sites (tertiary alicyclic amines) is 1. The summed E-state index contributed by atoms with van der Waals surface area (Å²) in [6.45, 7) is 9.16. The Morgan fingerprint density at radius 3 is 2.54 bits per heavy atom. The molecule has 7 heteroatoms. The van der Waals surface area contributed by atoms with Crippen molar-refractivity contribution in [1.29, 1.82) is 0 Å². The number of nitrogens with zero attached hydrogens (tertiary/aromatic N) is 2. The number of nitrogens with two attached hydrogens (primary N) is 1. The quantitative estimate of drug-likeness (QED) is 0.717. The SMILES string of the molecule is CCCC[C@H](NC(N)=O)C(=O)N1C[C@H](CC)[C@@H](N2CCOCC2)C1. The maximum Gasteiger partial charge on any atom is 0.312 e. The average Bonchev–Trinajstić information content (AvgIpc) is 3.02. The topological polar surface area (TPSA) is 87.9 Å². The molecule has 0 aliphatic carbocycles. The van der Waals surface area contributed by atoms with Gasteiger partial charge in [-0.1, -0.05) is 33.1 Å². The highest BCUT2D eigenvalue weighted by Gasteiger charge is 2.39. The summed E-state index contributed by atoms with van der Waals surface area (Å²) in [5.41, 5.74) is 5.26. The minimum absolute atomic E-state index is 0.0106. The van der Waals surface area contributed by atoms with E-state index in [-0.39, 0.29) is 5.91 Å². The standard InChI is InChI=1S/C17H32N4O3/c1-3-5-6-14(19-17(18)23)16(22)21-11-13(4-2)15(12-21)20-7-9-24-10-8-20/h13-15H,3-12H2,1-2H3,(H3,18,19,23)/t13-,14-,15-/m0/s1. The van der Waals surface area contributed by atoms with Gasteiger partial charge in [-0.25, -0.2) is 4.79 Å². The molecule has 0 aromatic rings. The van der Waals surface area contributed by atoms with E-state index in [0.29, 0.717) is 18.4 Å². The summed E-state index contributed by atoms with van der Waals surface area (Å²) < 4.78 is 5.45. The molecule has 0 spiro atoms. The van der Waals surface area contributed by atoms with Gasteiger partial charge in [0.05, 0.1) is 13.2 Å². The normalized spacial score (nSPS) is 26.3. The summed E-state index contributed by atoms with van der Waals surface area (Å²) in [6.07, 6.45) is 3.58. The number of hydrogen-bond donors (Lipinski definition) is 2. The van der Waals surface area contributed by atoms with Gasteiger partial charge in [-0.3, -0.25) is 9.69 Å². The Balaban J connectivity index is 2.00. The lowest BCUT2D eigenvalue weighted by Crippen LogP contribution is -2.51. The van der Waals surface area contributed by atoms with Crippen LogP contribution in [-0.4, -0.2) is 73.2 Å². The van der Waals surface area contributed by atoms with Crippen molar-refractivity contribution in [3.63, 3.8) is 0 Å². The second-order valence-corrected chi connectivity index (χ2v) is 6.83. The molecule has 2 rings (SSSR count). The van der Waals surface area contributed by atoms with Crippen LogP contribution in [0, 0.1) is 5.92 Å². The Morgan fingerprint density at radius 2 is 1.96 bits per heavy atom. The highest BCUT2D eigenvalue weighted by molar-refractivity contribution is 5.86. The molecule has 138 valence electrons. The number of rotatable bonds is 7. The van der Waals surface area contributed by atoms with Crippen LogP contribution in [0.5, 0.6) is 0 Å². The van der Waals surface area contributed by atoms with Crippen molar-refractivity contribution in [2.45, 2.75) is 51.6 Å². The van der Waals surface area contributed by atoms with E-state index in [9.17, 15) is 9.59 Å². The third-order valence-corrected chi connectivity index (χ3v) is 5.22. The minimum atomic E-state index is -0.625. The van der Waals surface area contributed by atoms with Gasteiger partial charge in [0.2, 0.25) is 5.91 Å². The van der Waals surface area contributed by atoms with Crippen LogP contribution in [0.2, 0.25) is 0 Å². The summed E-state index contributed by atoms with van der Waals surface area (Å²) in [4.78, 5) is 28.5. The van der Waals surface area contributed by atoms with Gasteiger partial charge in [0, 0.05) is 32.2 Å². The first-order chi connectivity index (χ1) is 11.6. The molecule has 3 N–H and O–H groups in total. The van der Waals surface area contributed by atoms with E-state index < -0.39 is 12.1 Å². The zero-order chi connectivity index (χ0) is 17.5. The fourth-order valence-electron chi connectivity index (χ4n) is 3.82. The molecule has 2 heterocycles. The van der Waals surface area contributed by atoms with Crippen LogP contribution >= 0.6 is 0 Å². The summed E-state index contributed by atoms with van der Waals surface area (Å²) in [7, 11) is 0. The van der Waals surface area contributed by atoms with Crippen LogP contribution < -0.4 is 11.1 Å². The van der Waals surface area contributed by atoms with Gasteiger partial charge in [0.1, 0.15) is 6.04 Å². The highest BCUT2D eigenvalue weighted by atomic mass is 16.5. The van der Waals surface area contributed by atoms with Crippen LogP contribution in [0.3, 0.4) is 0 Å². The third kappa shape index (κ3) is 4.83. The van der Waals surface area contributed by atoms with Crippen LogP contribution in [0.25, 0.3) is 0 Å². The van der Waals surface area contributed by atoms with E-state index in [1.54, 1.807) is 0 Å². The van der Waals surface area contributed by atoms with E-state index in [0.717, 1.165) is 58.7 Å². The Labute approximate surface area is 144 Å². The highest BCUT2D eigenvalue weighted by Crippen LogP contribution is 2.26. The molecule has 0 saturated carbocycles. The average molecular weight is 340 g/mol. The molecule has 0 unspecified atom stereocenters. The maximum absolute atomic E-state index is 12.9. The van der Waals surface area contributed by atoms with Gasteiger partial charge in [0.15, 0.2) is 0 Å². The number of unbranched alkanes of at least 4 members (excludes halogenated alkanes) is 1. The number of primary amides is 1. The number of carbonyl (C=O) groups is 2. The first-order valence-corrected chi connectivity index (χ1v) is 9.23. The molecule has 2 aliphatic rings. The van der Waals surface area contributed by atoms with E-state index in [4.69, 9.17) is 10.5 Å². The molecule has 0 aromatic heterocycles. The maximum atomic E-state index is 12.9. The first-order valence-electron chi connectivity index (χ1n) is 9.23. The monoisotopic (exact) mass is 340 g/mol. The Kier molecular flexibility index (Phi) is 7.30. The molecule has 3 atom stereocenters. The fourth-order valence-corrected chi connectivity index (χ4v) is 3.82. The van der Waals surface area contributed by atoms with Gasteiger partial charge < -0.3 is 20.7 Å². The lowest BCUT2D eigenvalue weighted by atomic mass is 9.99. The largest absolute Gasteiger partial charge is 0.379 e. The predicted octanol–water partition coefficient (Wildman–Crippen LogP) is 0.783. The Morgan fingerprint density at radius 1 is 1.25 bits per heavy atom. The zero-order valence-corrected chi connectivity index (χ0v) is 15.0. The summed E-state index contributed by atoms with van der Waals surface area (Å²) in [5.74, 6) is 0.490. The Hall–Kier alpha value is -1.34. The van der Waals surface area contributed by atoms with Crippen molar-refractivity contribution >= 4 is 11.9 Å². The second-order valence-electron chi connectivity index (χ2n) is 6.83. The van der Waals surface area contributed by atoms with Gasteiger partial charge in [-0.2, -0.15) is 0 Å². The predicted molar refractivity (Wildman–Crippen MR) is 92.6 cm³/mol. The fraction of sp³-hybridized carbons (Fsp3) is 0.882. The molecular formula is C17H32N4O3. The number of urea groups is 1. The van der Waals surface area contributed by atoms with Crippen molar-refractivity contribution in [2.24, 2.45) is 11.7 Å². The third-order valence-electron chi connectivity index (χ3n) is 5.22. The van der Waals surface area contributed by atoms with E-state index >= 15 is 0 Å². The number of amides is 3.